The second-order valence-corrected chi connectivity index (χ2v) is 7.00. The predicted octanol–water partition coefficient (Wildman–Crippen LogP) is 1.27. The first-order chi connectivity index (χ1) is 10.5. The Hall–Kier alpha value is -1.46. The summed E-state index contributed by atoms with van der Waals surface area (Å²) in [6.45, 7) is 5.45. The van der Waals surface area contributed by atoms with Crippen molar-refractivity contribution in [3.05, 3.63) is 30.1 Å². The van der Waals surface area contributed by atoms with E-state index >= 15 is 0 Å². The minimum Gasteiger partial charge on any atom is -0.377 e. The molecule has 3 rings (SSSR count). The lowest BCUT2D eigenvalue weighted by Gasteiger charge is -2.65. The summed E-state index contributed by atoms with van der Waals surface area (Å²) in [5.41, 5.74) is 6.52. The fourth-order valence-electron chi connectivity index (χ4n) is 4.05. The second kappa shape index (κ2) is 5.63. The van der Waals surface area contributed by atoms with Crippen LogP contribution >= 0.6 is 0 Å². The highest BCUT2D eigenvalue weighted by molar-refractivity contribution is 5.89. The Morgan fingerprint density at radius 3 is 3.09 bits per heavy atom. The molecular weight excluding hydrogens is 278 g/mol. The largest absolute Gasteiger partial charge is 0.377 e. The summed E-state index contributed by atoms with van der Waals surface area (Å²) in [6.07, 6.45) is 6.40. The molecule has 3 unspecified atom stereocenters. The van der Waals surface area contributed by atoms with Crippen molar-refractivity contribution in [1.82, 2.24) is 10.3 Å². The van der Waals surface area contributed by atoms with E-state index in [9.17, 15) is 4.79 Å². The molecule has 3 N–H and O–H groups in total. The van der Waals surface area contributed by atoms with Crippen molar-refractivity contribution in [3.63, 3.8) is 0 Å². The topological polar surface area (TPSA) is 77.2 Å². The van der Waals surface area contributed by atoms with Crippen LogP contribution in [-0.2, 0) is 16.0 Å². The Morgan fingerprint density at radius 2 is 2.36 bits per heavy atom. The van der Waals surface area contributed by atoms with Crippen molar-refractivity contribution in [2.24, 2.45) is 17.1 Å². The van der Waals surface area contributed by atoms with Crippen LogP contribution in [0.25, 0.3) is 0 Å². The van der Waals surface area contributed by atoms with E-state index < -0.39 is 5.54 Å². The van der Waals surface area contributed by atoms with E-state index in [1.807, 2.05) is 32.2 Å². The molecule has 120 valence electrons. The number of ether oxygens (including phenoxy) is 1. The molecule has 2 heterocycles. The summed E-state index contributed by atoms with van der Waals surface area (Å²) in [5, 5.41) is 3.01. The smallest absolute Gasteiger partial charge is 0.241 e. The summed E-state index contributed by atoms with van der Waals surface area (Å²) in [6, 6.07) is 3.91. The number of rotatable bonds is 4. The molecule has 0 spiro atoms. The molecule has 1 aromatic rings. The van der Waals surface area contributed by atoms with E-state index in [-0.39, 0.29) is 23.3 Å². The highest BCUT2D eigenvalue weighted by Gasteiger charge is 2.70. The van der Waals surface area contributed by atoms with E-state index in [1.54, 1.807) is 6.20 Å². The van der Waals surface area contributed by atoms with Gasteiger partial charge in [-0.25, -0.2) is 0 Å². The zero-order valence-electron chi connectivity index (χ0n) is 13.3. The third kappa shape index (κ3) is 2.23. The average molecular weight is 303 g/mol. The Morgan fingerprint density at radius 1 is 1.55 bits per heavy atom. The van der Waals surface area contributed by atoms with Crippen molar-refractivity contribution in [2.45, 2.75) is 44.8 Å². The fraction of sp³-hybridized carbons (Fsp3) is 0.647. The first-order valence-corrected chi connectivity index (χ1v) is 8.05. The third-order valence-electron chi connectivity index (χ3n) is 5.48. The molecular formula is C17H25N3O2. The van der Waals surface area contributed by atoms with Crippen LogP contribution in [0.15, 0.2) is 24.5 Å². The van der Waals surface area contributed by atoms with E-state index in [2.05, 4.69) is 10.3 Å². The maximum absolute atomic E-state index is 12.7. The second-order valence-electron chi connectivity index (χ2n) is 7.00. The van der Waals surface area contributed by atoms with E-state index in [0.717, 1.165) is 31.4 Å². The molecule has 1 saturated carbocycles. The quantitative estimate of drug-likeness (QED) is 0.878. The number of hydrogen-bond donors (Lipinski definition) is 2. The molecule has 1 aliphatic carbocycles. The highest BCUT2D eigenvalue weighted by atomic mass is 16.5. The van der Waals surface area contributed by atoms with Gasteiger partial charge in [-0.2, -0.15) is 0 Å². The van der Waals surface area contributed by atoms with Crippen LogP contribution in [0.1, 0.15) is 32.3 Å². The lowest BCUT2D eigenvalue weighted by atomic mass is 9.46. The molecule has 22 heavy (non-hydrogen) atoms. The molecule has 2 fully saturated rings. The van der Waals surface area contributed by atoms with Gasteiger partial charge in [-0.3, -0.25) is 9.78 Å². The number of pyridine rings is 1. The van der Waals surface area contributed by atoms with Gasteiger partial charge < -0.3 is 15.8 Å². The van der Waals surface area contributed by atoms with Crippen LogP contribution in [0, 0.1) is 11.3 Å². The zero-order chi connectivity index (χ0) is 15.8. The van der Waals surface area contributed by atoms with E-state index in [0.29, 0.717) is 6.54 Å². The normalized spacial score (nSPS) is 32.7. The number of fused-ring (bicyclic) bond motifs is 1. The molecule has 0 bridgehead atoms. The van der Waals surface area contributed by atoms with Crippen LogP contribution in [0.4, 0.5) is 0 Å². The van der Waals surface area contributed by atoms with Gasteiger partial charge in [0.1, 0.15) is 5.54 Å². The first-order valence-electron chi connectivity index (χ1n) is 8.05. The lowest BCUT2D eigenvalue weighted by molar-refractivity contribution is -0.225. The van der Waals surface area contributed by atoms with Gasteiger partial charge in [-0.1, -0.05) is 19.9 Å². The van der Waals surface area contributed by atoms with Crippen LogP contribution < -0.4 is 11.1 Å². The molecule has 1 aromatic heterocycles. The predicted molar refractivity (Wildman–Crippen MR) is 84.1 cm³/mol. The molecule has 0 aromatic carbocycles. The Labute approximate surface area is 131 Å². The number of nitrogens with zero attached hydrogens (tertiary/aromatic N) is 1. The molecule has 0 radical (unpaired) electrons. The Kier molecular flexibility index (Phi) is 3.95. The number of amides is 1. The van der Waals surface area contributed by atoms with E-state index in [4.69, 9.17) is 10.5 Å². The number of nitrogens with one attached hydrogen (secondary N) is 1. The monoisotopic (exact) mass is 303 g/mol. The minimum atomic E-state index is -0.826. The SMILES string of the molecule is CC1(C)C2OCCCC2C1(N)C(=O)NCCc1cccnc1. The summed E-state index contributed by atoms with van der Waals surface area (Å²) in [4.78, 5) is 16.8. The van der Waals surface area contributed by atoms with Crippen molar-refractivity contribution in [1.29, 1.82) is 0 Å². The van der Waals surface area contributed by atoms with Gasteiger partial charge in [0.2, 0.25) is 5.91 Å². The lowest BCUT2D eigenvalue weighted by Crippen LogP contribution is -2.82. The van der Waals surface area contributed by atoms with Gasteiger partial charge in [0.25, 0.3) is 0 Å². The van der Waals surface area contributed by atoms with E-state index in [1.165, 1.54) is 0 Å². The van der Waals surface area contributed by atoms with Crippen molar-refractivity contribution in [3.8, 4) is 0 Å². The standard InChI is InChI=1S/C17H25N3O2/c1-16(2)14-13(6-4-10-22-14)17(16,18)15(21)20-9-7-12-5-3-8-19-11-12/h3,5,8,11,13-14H,4,6-7,9-10,18H2,1-2H3,(H,20,21). The van der Waals surface area contributed by atoms with Gasteiger partial charge in [0, 0.05) is 36.9 Å². The van der Waals surface area contributed by atoms with Crippen LogP contribution in [-0.4, -0.2) is 35.7 Å². The van der Waals surface area contributed by atoms with Gasteiger partial charge in [0.15, 0.2) is 0 Å². The van der Waals surface area contributed by atoms with Crippen molar-refractivity contribution in [2.75, 3.05) is 13.2 Å². The minimum absolute atomic E-state index is 0.0480. The van der Waals surface area contributed by atoms with Gasteiger partial charge in [-0.05, 0) is 30.9 Å². The average Bonchev–Trinajstić information content (AvgIpc) is 2.55. The molecule has 1 aliphatic heterocycles. The van der Waals surface area contributed by atoms with Gasteiger partial charge in [-0.15, -0.1) is 0 Å². The summed E-state index contributed by atoms with van der Waals surface area (Å²) < 4.78 is 5.84. The molecule has 3 atom stereocenters. The number of hydrogen-bond acceptors (Lipinski definition) is 4. The Bertz CT molecular complexity index is 546. The molecule has 5 nitrogen and oxygen atoms in total. The number of nitrogens with two attached hydrogens (primary N) is 1. The molecule has 2 aliphatic rings. The third-order valence-corrected chi connectivity index (χ3v) is 5.48. The van der Waals surface area contributed by atoms with Crippen LogP contribution in [0.3, 0.4) is 0 Å². The van der Waals surface area contributed by atoms with Crippen molar-refractivity contribution < 1.29 is 9.53 Å². The van der Waals surface area contributed by atoms with Crippen LogP contribution in [0.2, 0.25) is 0 Å². The molecule has 1 amide bonds. The maximum Gasteiger partial charge on any atom is 0.241 e. The first kappa shape index (κ1) is 15.4. The van der Waals surface area contributed by atoms with Gasteiger partial charge in [0.05, 0.1) is 6.10 Å². The van der Waals surface area contributed by atoms with Crippen LogP contribution in [0.5, 0.6) is 0 Å². The van der Waals surface area contributed by atoms with Gasteiger partial charge >= 0.3 is 0 Å². The molecule has 1 saturated heterocycles. The summed E-state index contributed by atoms with van der Waals surface area (Å²) in [5.74, 6) is 0.0859. The highest BCUT2D eigenvalue weighted by Crippen LogP contribution is 2.57. The molecule has 5 heteroatoms. The summed E-state index contributed by atoms with van der Waals surface area (Å²) >= 11 is 0. The Balaban J connectivity index is 1.61. The summed E-state index contributed by atoms with van der Waals surface area (Å²) in [7, 11) is 0. The zero-order valence-corrected chi connectivity index (χ0v) is 13.3. The number of carbonyl (C=O) groups is 1. The van der Waals surface area contributed by atoms with Crippen molar-refractivity contribution >= 4 is 5.91 Å². The maximum atomic E-state index is 12.7. The number of aromatic nitrogens is 1. The number of carbonyl (C=O) groups excluding carboxylic acids is 1. The fourth-order valence-corrected chi connectivity index (χ4v) is 4.05.